The number of unbranched alkanes of at least 4 members (excludes halogenated alkanes) is 3. The Hall–Kier alpha value is -3.32. The monoisotopic (exact) mass is 515 g/mol. The molecular weight excluding hydrogens is 470 g/mol. The van der Waals surface area contributed by atoms with Crippen molar-refractivity contribution >= 4 is 21.8 Å². The summed E-state index contributed by atoms with van der Waals surface area (Å²) in [6, 6.07) is 28.2. The van der Waals surface area contributed by atoms with Crippen LogP contribution in [0.2, 0.25) is 0 Å². The zero-order valence-electron chi connectivity index (χ0n) is 25.1. The fraction of sp³-hybridized carbons (Fsp3) is 0.368. The third-order valence-corrected chi connectivity index (χ3v) is 8.56. The fourth-order valence-corrected chi connectivity index (χ4v) is 6.11. The van der Waals surface area contributed by atoms with Crippen molar-refractivity contribution in [3.63, 3.8) is 0 Å². The molecule has 0 aliphatic heterocycles. The number of rotatable bonds is 9. The number of nitrogens with zero attached hydrogens (tertiary/aromatic N) is 1. The normalized spacial score (nSPS) is 11.9. The summed E-state index contributed by atoms with van der Waals surface area (Å²) in [6.45, 7) is 16.9. The van der Waals surface area contributed by atoms with Gasteiger partial charge in [0.15, 0.2) is 0 Å². The third kappa shape index (κ3) is 5.42. The molecule has 0 unspecified atom stereocenters. The van der Waals surface area contributed by atoms with Crippen LogP contribution in [0.1, 0.15) is 94.4 Å². The van der Waals surface area contributed by atoms with Crippen molar-refractivity contribution in [3.05, 3.63) is 95.1 Å². The molecule has 5 rings (SSSR count). The van der Waals surface area contributed by atoms with E-state index in [2.05, 4.69) is 126 Å². The maximum absolute atomic E-state index is 2.60. The van der Waals surface area contributed by atoms with Gasteiger partial charge >= 0.3 is 0 Å². The van der Waals surface area contributed by atoms with Gasteiger partial charge in [0, 0.05) is 28.4 Å². The maximum atomic E-state index is 2.60. The molecule has 0 spiro atoms. The molecule has 1 aromatic heterocycles. The molecule has 0 saturated carbocycles. The van der Waals surface area contributed by atoms with Gasteiger partial charge in [-0.25, -0.2) is 0 Å². The van der Waals surface area contributed by atoms with Crippen LogP contribution < -0.4 is 0 Å². The molecule has 5 aromatic rings. The topological polar surface area (TPSA) is 4.93 Å². The molecule has 0 aliphatic rings. The molecule has 0 radical (unpaired) electrons. The van der Waals surface area contributed by atoms with Gasteiger partial charge in [0.1, 0.15) is 0 Å². The van der Waals surface area contributed by atoms with Crippen LogP contribution in [0, 0.1) is 13.8 Å². The summed E-state index contributed by atoms with van der Waals surface area (Å²) in [4.78, 5) is 0. The predicted octanol–water partition coefficient (Wildman–Crippen LogP) is 11.6. The lowest BCUT2D eigenvalue weighted by molar-refractivity contribution is 0.602. The summed E-state index contributed by atoms with van der Waals surface area (Å²) in [5.74, 6) is 1.09. The summed E-state index contributed by atoms with van der Waals surface area (Å²) in [5.41, 5.74) is 13.5. The van der Waals surface area contributed by atoms with Gasteiger partial charge < -0.3 is 4.57 Å². The summed E-state index contributed by atoms with van der Waals surface area (Å²) in [6.07, 6.45) is 5.06. The van der Waals surface area contributed by atoms with E-state index in [1.54, 1.807) is 0 Å². The number of aromatic nitrogens is 1. The van der Waals surface area contributed by atoms with Crippen LogP contribution in [0.4, 0.5) is 0 Å². The van der Waals surface area contributed by atoms with Crippen molar-refractivity contribution in [1.29, 1.82) is 0 Å². The van der Waals surface area contributed by atoms with Gasteiger partial charge in [-0.05, 0) is 88.7 Å². The molecule has 1 heterocycles. The van der Waals surface area contributed by atoms with E-state index >= 15 is 0 Å². The van der Waals surface area contributed by atoms with E-state index in [-0.39, 0.29) is 0 Å². The Morgan fingerprint density at radius 3 is 1.46 bits per heavy atom. The van der Waals surface area contributed by atoms with Crippen molar-refractivity contribution in [2.24, 2.45) is 0 Å². The smallest absolute Gasteiger partial charge is 0.0497 e. The second-order valence-electron chi connectivity index (χ2n) is 12.1. The van der Waals surface area contributed by atoms with E-state index in [1.165, 1.54) is 92.0 Å². The Kier molecular flexibility index (Phi) is 7.98. The fourth-order valence-electron chi connectivity index (χ4n) is 6.11. The molecule has 0 bridgehead atoms. The van der Waals surface area contributed by atoms with Crippen molar-refractivity contribution in [3.8, 4) is 22.3 Å². The summed E-state index contributed by atoms with van der Waals surface area (Å²) >= 11 is 0. The largest absolute Gasteiger partial charge is 0.340 e. The van der Waals surface area contributed by atoms with Gasteiger partial charge in [0.25, 0.3) is 0 Å². The molecule has 0 N–H and O–H groups in total. The zero-order valence-corrected chi connectivity index (χ0v) is 25.1. The average Bonchev–Trinajstić information content (AvgIpc) is 3.22. The Morgan fingerprint density at radius 1 is 0.564 bits per heavy atom. The van der Waals surface area contributed by atoms with Crippen LogP contribution in [0.25, 0.3) is 44.1 Å². The molecule has 39 heavy (non-hydrogen) atoms. The second kappa shape index (κ2) is 11.4. The van der Waals surface area contributed by atoms with E-state index in [0.29, 0.717) is 11.8 Å². The summed E-state index contributed by atoms with van der Waals surface area (Å²) in [7, 11) is 0. The molecule has 0 fully saturated rings. The molecule has 0 aliphatic carbocycles. The van der Waals surface area contributed by atoms with E-state index in [0.717, 1.165) is 6.54 Å². The van der Waals surface area contributed by atoms with Gasteiger partial charge in [0.05, 0.1) is 0 Å². The number of benzene rings is 4. The van der Waals surface area contributed by atoms with Crippen LogP contribution in [-0.2, 0) is 6.54 Å². The van der Waals surface area contributed by atoms with Crippen LogP contribution in [0.3, 0.4) is 0 Å². The van der Waals surface area contributed by atoms with E-state index in [4.69, 9.17) is 0 Å². The second-order valence-corrected chi connectivity index (χ2v) is 12.1. The SMILES string of the molecule is CCCCCCn1c2cc(-c3ccc(C(C)C)cc3C)ccc2c2ccc(-c3ccc(C(C)C)cc3C)cc21. The third-order valence-electron chi connectivity index (χ3n) is 8.56. The van der Waals surface area contributed by atoms with Gasteiger partial charge in [-0.1, -0.05) is 115 Å². The highest BCUT2D eigenvalue weighted by Gasteiger charge is 2.15. The van der Waals surface area contributed by atoms with Crippen LogP contribution in [0.5, 0.6) is 0 Å². The molecule has 0 saturated heterocycles. The highest BCUT2D eigenvalue weighted by atomic mass is 15.0. The van der Waals surface area contributed by atoms with E-state index in [1.807, 2.05) is 0 Å². The molecule has 0 atom stereocenters. The van der Waals surface area contributed by atoms with Gasteiger partial charge in [-0.15, -0.1) is 0 Å². The molecule has 4 aromatic carbocycles. The molecule has 0 amide bonds. The molecule has 202 valence electrons. The Labute approximate surface area is 235 Å². The highest BCUT2D eigenvalue weighted by Crippen LogP contribution is 2.37. The van der Waals surface area contributed by atoms with E-state index in [9.17, 15) is 0 Å². The minimum atomic E-state index is 0.547. The quantitative estimate of drug-likeness (QED) is 0.172. The van der Waals surface area contributed by atoms with Crippen molar-refractivity contribution in [2.45, 2.75) is 92.5 Å². The molecule has 1 nitrogen and oxygen atoms in total. The maximum Gasteiger partial charge on any atom is 0.0497 e. The zero-order chi connectivity index (χ0) is 27.7. The number of hydrogen-bond acceptors (Lipinski definition) is 0. The first kappa shape index (κ1) is 27.3. The Balaban J connectivity index is 1.65. The van der Waals surface area contributed by atoms with Gasteiger partial charge in [-0.3, -0.25) is 0 Å². The lowest BCUT2D eigenvalue weighted by Gasteiger charge is -2.13. The first-order valence-electron chi connectivity index (χ1n) is 15.1. The van der Waals surface area contributed by atoms with Crippen LogP contribution in [-0.4, -0.2) is 4.57 Å². The van der Waals surface area contributed by atoms with E-state index < -0.39 is 0 Å². The minimum absolute atomic E-state index is 0.547. The lowest BCUT2D eigenvalue weighted by Crippen LogP contribution is -1.98. The van der Waals surface area contributed by atoms with Gasteiger partial charge in [-0.2, -0.15) is 0 Å². The Morgan fingerprint density at radius 2 is 1.05 bits per heavy atom. The molecule has 1 heteroatoms. The minimum Gasteiger partial charge on any atom is -0.340 e. The highest BCUT2D eigenvalue weighted by molar-refractivity contribution is 6.10. The summed E-state index contributed by atoms with van der Waals surface area (Å²) < 4.78 is 2.60. The lowest BCUT2D eigenvalue weighted by atomic mass is 9.93. The number of fused-ring (bicyclic) bond motifs is 3. The Bertz CT molecular complexity index is 1500. The van der Waals surface area contributed by atoms with Crippen LogP contribution in [0.15, 0.2) is 72.8 Å². The van der Waals surface area contributed by atoms with Gasteiger partial charge in [0.2, 0.25) is 0 Å². The molecular formula is C38H45N. The summed E-state index contributed by atoms with van der Waals surface area (Å²) in [5, 5.41) is 2.72. The van der Waals surface area contributed by atoms with Crippen molar-refractivity contribution in [1.82, 2.24) is 4.57 Å². The van der Waals surface area contributed by atoms with Crippen molar-refractivity contribution < 1.29 is 0 Å². The average molecular weight is 516 g/mol. The first-order valence-corrected chi connectivity index (χ1v) is 15.1. The van der Waals surface area contributed by atoms with Crippen LogP contribution >= 0.6 is 0 Å². The first-order chi connectivity index (χ1) is 18.8. The number of hydrogen-bond donors (Lipinski definition) is 0. The number of aryl methyl sites for hydroxylation is 3. The van der Waals surface area contributed by atoms with Crippen molar-refractivity contribution in [2.75, 3.05) is 0 Å². The standard InChI is InChI=1S/C38H45N/c1-8-9-10-11-20-39-37-23-31(33-16-12-29(25(2)3)21-27(33)6)14-18-35(37)36-19-15-32(24-38(36)39)34-17-13-30(26(4)5)22-28(34)7/h12-19,21-26H,8-11,20H2,1-7H3. The predicted molar refractivity (Wildman–Crippen MR) is 172 cm³/mol.